The van der Waals surface area contributed by atoms with Crippen molar-refractivity contribution in [1.82, 2.24) is 0 Å². The molecule has 0 amide bonds. The highest BCUT2D eigenvalue weighted by Crippen LogP contribution is 2.08. The molecule has 0 rings (SSSR count). The van der Waals surface area contributed by atoms with Crippen LogP contribution in [-0.4, -0.2) is 46.7 Å². The lowest BCUT2D eigenvalue weighted by Crippen LogP contribution is -2.48. The molecule has 0 spiro atoms. The van der Waals surface area contributed by atoms with E-state index in [4.69, 9.17) is 15.3 Å². The number of aldehydes is 1. The maximum Gasteiger partial charge on any atom is 0.252 e. The molecular formula is C6H12O5. The zero-order valence-electron chi connectivity index (χ0n) is 6.23. The summed E-state index contributed by atoms with van der Waals surface area (Å²) >= 11 is 0. The molecule has 11 heavy (non-hydrogen) atoms. The van der Waals surface area contributed by atoms with E-state index in [1.807, 2.05) is 0 Å². The van der Waals surface area contributed by atoms with Gasteiger partial charge in [0.05, 0.1) is 6.61 Å². The molecule has 0 saturated carbocycles. The predicted molar refractivity (Wildman–Crippen MR) is 35.7 cm³/mol. The van der Waals surface area contributed by atoms with Gasteiger partial charge < -0.3 is 20.1 Å². The van der Waals surface area contributed by atoms with Crippen LogP contribution >= 0.6 is 0 Å². The highest BCUT2D eigenvalue weighted by molar-refractivity contribution is 5.60. The molecule has 5 heteroatoms. The van der Waals surface area contributed by atoms with Crippen molar-refractivity contribution in [2.24, 2.45) is 0 Å². The van der Waals surface area contributed by atoms with Gasteiger partial charge in [-0.05, 0) is 6.92 Å². The van der Waals surface area contributed by atoms with Gasteiger partial charge in [-0.3, -0.25) is 4.79 Å². The van der Waals surface area contributed by atoms with Crippen molar-refractivity contribution >= 4 is 6.29 Å². The number of aliphatic hydroxyl groups excluding tert-OH is 2. The van der Waals surface area contributed by atoms with Crippen LogP contribution in [0, 0.1) is 0 Å². The molecule has 0 radical (unpaired) electrons. The summed E-state index contributed by atoms with van der Waals surface area (Å²) in [6.45, 7) is 0.903. The fourth-order valence-corrected chi connectivity index (χ4v) is 0.571. The number of rotatable bonds is 5. The van der Waals surface area contributed by atoms with Gasteiger partial charge in [-0.15, -0.1) is 0 Å². The third kappa shape index (κ3) is 2.55. The van der Waals surface area contributed by atoms with Crippen LogP contribution in [0.15, 0.2) is 0 Å². The summed E-state index contributed by atoms with van der Waals surface area (Å²) in [4.78, 5) is 10.2. The van der Waals surface area contributed by atoms with Gasteiger partial charge in [-0.1, -0.05) is 0 Å². The molecule has 0 heterocycles. The third-order valence-electron chi connectivity index (χ3n) is 1.19. The van der Waals surface area contributed by atoms with Crippen molar-refractivity contribution < 1.29 is 24.9 Å². The largest absolute Gasteiger partial charge is 0.393 e. The Morgan fingerprint density at radius 3 is 2.55 bits per heavy atom. The molecule has 0 unspecified atom stereocenters. The number of carbonyl (C=O) groups is 1. The molecule has 0 aromatic rings. The highest BCUT2D eigenvalue weighted by atomic mass is 16.6. The molecule has 0 aromatic carbocycles. The molecule has 0 aliphatic rings. The Hall–Kier alpha value is -0.490. The number of hydrogen-bond donors (Lipinski definition) is 3. The fourth-order valence-electron chi connectivity index (χ4n) is 0.571. The van der Waals surface area contributed by atoms with Crippen molar-refractivity contribution in [3.05, 3.63) is 0 Å². The molecule has 66 valence electrons. The van der Waals surface area contributed by atoms with Crippen molar-refractivity contribution in [3.8, 4) is 0 Å². The standard InChI is InChI=1S/C6H12O5/c1-2-11-6(10,4-8)5(9)3-7/h4-5,7,9-10H,2-3H2,1H3/t5-,6-/m1/s1. The van der Waals surface area contributed by atoms with Crippen LogP contribution in [0.4, 0.5) is 0 Å². The van der Waals surface area contributed by atoms with Gasteiger partial charge in [0.2, 0.25) is 0 Å². The second-order valence-corrected chi connectivity index (χ2v) is 2.00. The van der Waals surface area contributed by atoms with Gasteiger partial charge in [-0.2, -0.15) is 0 Å². The molecule has 0 bridgehead atoms. The zero-order chi connectivity index (χ0) is 8.91. The van der Waals surface area contributed by atoms with Gasteiger partial charge in [0.1, 0.15) is 6.10 Å². The van der Waals surface area contributed by atoms with E-state index in [0.29, 0.717) is 0 Å². The van der Waals surface area contributed by atoms with E-state index in [-0.39, 0.29) is 12.9 Å². The summed E-state index contributed by atoms with van der Waals surface area (Å²) in [6, 6.07) is 0. The normalized spacial score (nSPS) is 18.9. The van der Waals surface area contributed by atoms with E-state index in [9.17, 15) is 4.79 Å². The quantitative estimate of drug-likeness (QED) is 0.332. The lowest BCUT2D eigenvalue weighted by atomic mass is 10.2. The molecular weight excluding hydrogens is 152 g/mol. The molecule has 0 saturated heterocycles. The van der Waals surface area contributed by atoms with Crippen LogP contribution in [0.5, 0.6) is 0 Å². The van der Waals surface area contributed by atoms with E-state index in [1.165, 1.54) is 0 Å². The molecule has 0 aromatic heterocycles. The second kappa shape index (κ2) is 4.40. The molecule has 2 atom stereocenters. The van der Waals surface area contributed by atoms with Gasteiger partial charge in [0.25, 0.3) is 5.79 Å². The molecule has 3 N–H and O–H groups in total. The summed E-state index contributed by atoms with van der Waals surface area (Å²) in [5.74, 6) is -2.27. The van der Waals surface area contributed by atoms with Gasteiger partial charge >= 0.3 is 0 Å². The first kappa shape index (κ1) is 10.5. The number of ether oxygens (including phenoxy) is 1. The Balaban J connectivity index is 4.18. The average molecular weight is 164 g/mol. The van der Waals surface area contributed by atoms with Crippen LogP contribution < -0.4 is 0 Å². The minimum absolute atomic E-state index is 0.0530. The number of hydrogen-bond acceptors (Lipinski definition) is 5. The maximum atomic E-state index is 10.2. The van der Waals surface area contributed by atoms with Crippen LogP contribution in [0.25, 0.3) is 0 Å². The Bertz CT molecular complexity index is 126. The first-order valence-corrected chi connectivity index (χ1v) is 3.22. The Morgan fingerprint density at radius 2 is 2.27 bits per heavy atom. The first-order chi connectivity index (χ1) is 5.10. The third-order valence-corrected chi connectivity index (χ3v) is 1.19. The van der Waals surface area contributed by atoms with Gasteiger partial charge in [0.15, 0.2) is 6.29 Å². The summed E-state index contributed by atoms with van der Waals surface area (Å²) in [5.41, 5.74) is 0. The summed E-state index contributed by atoms with van der Waals surface area (Å²) in [7, 11) is 0. The van der Waals surface area contributed by atoms with E-state index in [1.54, 1.807) is 6.92 Å². The summed E-state index contributed by atoms with van der Waals surface area (Å²) in [5, 5.41) is 26.3. The number of carbonyl (C=O) groups excluding carboxylic acids is 1. The molecule has 0 fully saturated rings. The minimum atomic E-state index is -2.27. The van der Waals surface area contributed by atoms with E-state index < -0.39 is 18.5 Å². The fraction of sp³-hybridized carbons (Fsp3) is 0.833. The highest BCUT2D eigenvalue weighted by Gasteiger charge is 2.35. The predicted octanol–water partition coefficient (Wildman–Crippen LogP) is -1.74. The lowest BCUT2D eigenvalue weighted by Gasteiger charge is -2.25. The zero-order valence-corrected chi connectivity index (χ0v) is 6.23. The topological polar surface area (TPSA) is 87.0 Å². The lowest BCUT2D eigenvalue weighted by molar-refractivity contribution is -0.238. The monoisotopic (exact) mass is 164 g/mol. The SMILES string of the molecule is CCO[C@](O)(C=O)[C@H](O)CO. The van der Waals surface area contributed by atoms with Crippen LogP contribution in [-0.2, 0) is 9.53 Å². The van der Waals surface area contributed by atoms with E-state index in [2.05, 4.69) is 4.74 Å². The van der Waals surface area contributed by atoms with Crippen molar-refractivity contribution in [1.29, 1.82) is 0 Å². The van der Waals surface area contributed by atoms with Gasteiger partial charge in [-0.25, -0.2) is 0 Å². The second-order valence-electron chi connectivity index (χ2n) is 2.00. The molecule has 0 aliphatic heterocycles. The smallest absolute Gasteiger partial charge is 0.252 e. The Labute approximate surface area is 64.2 Å². The first-order valence-electron chi connectivity index (χ1n) is 3.22. The van der Waals surface area contributed by atoms with Crippen molar-refractivity contribution in [2.75, 3.05) is 13.2 Å². The minimum Gasteiger partial charge on any atom is -0.393 e. The van der Waals surface area contributed by atoms with Crippen LogP contribution in [0.3, 0.4) is 0 Å². The van der Waals surface area contributed by atoms with E-state index in [0.717, 1.165) is 0 Å². The van der Waals surface area contributed by atoms with Crippen LogP contribution in [0.1, 0.15) is 6.92 Å². The average Bonchev–Trinajstić information content (AvgIpc) is 2.03. The molecule has 0 aliphatic carbocycles. The number of aliphatic hydroxyl groups is 3. The maximum absolute atomic E-state index is 10.2. The summed E-state index contributed by atoms with van der Waals surface area (Å²) < 4.78 is 4.51. The van der Waals surface area contributed by atoms with Crippen LogP contribution in [0.2, 0.25) is 0 Å². The molecule has 5 nitrogen and oxygen atoms in total. The van der Waals surface area contributed by atoms with E-state index >= 15 is 0 Å². The summed E-state index contributed by atoms with van der Waals surface area (Å²) in [6.07, 6.45) is -1.54. The van der Waals surface area contributed by atoms with Crippen molar-refractivity contribution in [2.45, 2.75) is 18.8 Å². The Kier molecular flexibility index (Phi) is 4.20. The Morgan fingerprint density at radius 1 is 1.73 bits per heavy atom. The van der Waals surface area contributed by atoms with Crippen molar-refractivity contribution in [3.63, 3.8) is 0 Å². The van der Waals surface area contributed by atoms with Gasteiger partial charge in [0, 0.05) is 6.61 Å².